The third kappa shape index (κ3) is 3.29. The Bertz CT molecular complexity index is 574. The Morgan fingerprint density at radius 1 is 1.53 bits per heavy atom. The highest BCUT2D eigenvalue weighted by molar-refractivity contribution is 7.85. The van der Waals surface area contributed by atoms with Gasteiger partial charge in [-0.3, -0.25) is 14.3 Å². The van der Waals surface area contributed by atoms with Crippen LogP contribution in [-0.4, -0.2) is 29.2 Å². The second-order valence-electron chi connectivity index (χ2n) is 4.56. The van der Waals surface area contributed by atoms with E-state index in [9.17, 15) is 18.5 Å². The van der Waals surface area contributed by atoms with E-state index in [1.807, 2.05) is 0 Å². The molecule has 0 unspecified atom stereocenters. The monoisotopic (exact) mass is 289 g/mol. The van der Waals surface area contributed by atoms with Crippen LogP contribution in [0.1, 0.15) is 31.4 Å². The van der Waals surface area contributed by atoms with Gasteiger partial charge in [-0.25, -0.2) is 4.68 Å². The molecule has 1 aromatic rings. The topological polar surface area (TPSA) is 104 Å². The molecule has 0 saturated heterocycles. The molecule has 0 aliphatic heterocycles. The zero-order chi connectivity index (χ0) is 14.0. The molecule has 9 heteroatoms. The summed E-state index contributed by atoms with van der Waals surface area (Å²) in [6, 6.07) is 0. The van der Waals surface area contributed by atoms with Gasteiger partial charge in [0.05, 0.1) is 11.0 Å². The van der Waals surface area contributed by atoms with Gasteiger partial charge < -0.3 is 0 Å². The van der Waals surface area contributed by atoms with Crippen molar-refractivity contribution in [2.45, 2.75) is 44.6 Å². The first kappa shape index (κ1) is 13.9. The van der Waals surface area contributed by atoms with E-state index in [4.69, 9.17) is 4.18 Å². The molecule has 1 aliphatic rings. The van der Waals surface area contributed by atoms with Crippen LogP contribution in [0.15, 0.2) is 6.20 Å². The van der Waals surface area contributed by atoms with Crippen LogP contribution < -0.4 is 0 Å². The van der Waals surface area contributed by atoms with Gasteiger partial charge in [0.15, 0.2) is 5.88 Å². The lowest BCUT2D eigenvalue weighted by atomic mass is 10.3. The van der Waals surface area contributed by atoms with Gasteiger partial charge >= 0.3 is 5.69 Å². The summed E-state index contributed by atoms with van der Waals surface area (Å²) < 4.78 is 29.8. The van der Waals surface area contributed by atoms with Crippen LogP contribution in [0, 0.1) is 17.0 Å². The molecule has 0 radical (unpaired) electrons. The molecule has 0 N–H and O–H groups in total. The predicted octanol–water partition coefficient (Wildman–Crippen LogP) is 1.35. The molecule has 1 aliphatic carbocycles. The molecule has 1 heterocycles. The average Bonchev–Trinajstić information content (AvgIpc) is 2.89. The average molecular weight is 289 g/mol. The third-order valence-electron chi connectivity index (χ3n) is 3.14. The predicted molar refractivity (Wildman–Crippen MR) is 65.9 cm³/mol. The highest BCUT2D eigenvalue weighted by Gasteiger charge is 2.25. The maximum atomic E-state index is 11.8. The number of nitro groups is 1. The van der Waals surface area contributed by atoms with E-state index in [1.54, 1.807) is 0 Å². The second-order valence-corrected chi connectivity index (χ2v) is 6.13. The summed E-state index contributed by atoms with van der Waals surface area (Å²) in [5.74, 6) is -0.497. The minimum atomic E-state index is -3.78. The molecule has 1 aromatic heterocycles. The fourth-order valence-electron chi connectivity index (χ4n) is 2.12. The highest BCUT2D eigenvalue weighted by atomic mass is 32.2. The molecule has 0 bridgehead atoms. The summed E-state index contributed by atoms with van der Waals surface area (Å²) in [7, 11) is -3.78. The first-order valence-electron chi connectivity index (χ1n) is 5.97. The summed E-state index contributed by atoms with van der Waals surface area (Å²) in [6.45, 7) is 1.45. The largest absolute Gasteiger partial charge is 0.309 e. The van der Waals surface area contributed by atoms with Crippen LogP contribution in [0.4, 0.5) is 5.69 Å². The summed E-state index contributed by atoms with van der Waals surface area (Å²) in [4.78, 5) is 10.1. The maximum absolute atomic E-state index is 11.8. The van der Waals surface area contributed by atoms with E-state index in [1.165, 1.54) is 6.92 Å². The van der Waals surface area contributed by atoms with Crippen LogP contribution >= 0.6 is 0 Å². The fourth-order valence-corrected chi connectivity index (χ4v) is 3.35. The Hall–Kier alpha value is -1.48. The fraction of sp³-hybridized carbons (Fsp3) is 0.700. The third-order valence-corrected chi connectivity index (χ3v) is 4.27. The minimum absolute atomic E-state index is 0.198. The number of aromatic nitrogens is 2. The Morgan fingerprint density at radius 3 is 2.68 bits per heavy atom. The summed E-state index contributed by atoms with van der Waals surface area (Å²) in [5.41, 5.74) is -0.000312. The van der Waals surface area contributed by atoms with Gasteiger partial charge in [0, 0.05) is 0 Å². The standard InChI is InChI=1S/C10H15N3O5S/c1-8-10(13(14)15)6-11-12(8)7-19(16,17)18-9-4-2-3-5-9/h6,9H,2-5,7H2,1H3. The van der Waals surface area contributed by atoms with Crippen LogP contribution in [0.5, 0.6) is 0 Å². The molecule has 0 atom stereocenters. The van der Waals surface area contributed by atoms with E-state index >= 15 is 0 Å². The Balaban J connectivity index is 2.09. The van der Waals surface area contributed by atoms with Gasteiger partial charge in [0.1, 0.15) is 11.9 Å². The van der Waals surface area contributed by atoms with Crippen molar-refractivity contribution in [2.75, 3.05) is 0 Å². The second kappa shape index (κ2) is 5.25. The van der Waals surface area contributed by atoms with Crippen molar-refractivity contribution in [3.63, 3.8) is 0 Å². The summed E-state index contributed by atoms with van der Waals surface area (Å²) in [6.07, 6.45) is 4.17. The molecular formula is C10H15N3O5S. The normalized spacial score (nSPS) is 16.9. The maximum Gasteiger partial charge on any atom is 0.309 e. The van der Waals surface area contributed by atoms with Crippen molar-refractivity contribution in [3.05, 3.63) is 22.0 Å². The van der Waals surface area contributed by atoms with Crippen LogP contribution in [-0.2, 0) is 20.2 Å². The number of rotatable bonds is 5. The van der Waals surface area contributed by atoms with E-state index in [-0.39, 0.29) is 17.5 Å². The molecule has 106 valence electrons. The van der Waals surface area contributed by atoms with Gasteiger partial charge in [-0.1, -0.05) is 12.8 Å². The lowest BCUT2D eigenvalue weighted by Crippen LogP contribution is -2.21. The van der Waals surface area contributed by atoms with Crippen molar-refractivity contribution in [1.82, 2.24) is 9.78 Å². The number of hydrogen-bond donors (Lipinski definition) is 0. The molecule has 0 aromatic carbocycles. The molecular weight excluding hydrogens is 274 g/mol. The number of nitrogens with zero attached hydrogens (tertiary/aromatic N) is 3. The quantitative estimate of drug-likeness (QED) is 0.460. The Kier molecular flexibility index (Phi) is 3.85. The molecule has 1 fully saturated rings. The van der Waals surface area contributed by atoms with Gasteiger partial charge in [0.25, 0.3) is 10.1 Å². The van der Waals surface area contributed by atoms with Crippen LogP contribution in [0.3, 0.4) is 0 Å². The van der Waals surface area contributed by atoms with E-state index in [2.05, 4.69) is 5.10 Å². The lowest BCUT2D eigenvalue weighted by molar-refractivity contribution is -0.385. The van der Waals surface area contributed by atoms with Crippen molar-refractivity contribution in [2.24, 2.45) is 0 Å². The Labute approximate surface area is 110 Å². The first-order valence-corrected chi connectivity index (χ1v) is 7.54. The van der Waals surface area contributed by atoms with E-state index in [0.717, 1.165) is 36.6 Å². The number of hydrogen-bond acceptors (Lipinski definition) is 6. The molecule has 0 spiro atoms. The zero-order valence-electron chi connectivity index (χ0n) is 10.5. The van der Waals surface area contributed by atoms with Gasteiger partial charge in [-0.05, 0) is 19.8 Å². The van der Waals surface area contributed by atoms with Crippen molar-refractivity contribution in [3.8, 4) is 0 Å². The molecule has 2 rings (SSSR count). The molecule has 1 saturated carbocycles. The van der Waals surface area contributed by atoms with Crippen LogP contribution in [0.2, 0.25) is 0 Å². The van der Waals surface area contributed by atoms with E-state index < -0.39 is 20.9 Å². The van der Waals surface area contributed by atoms with Crippen molar-refractivity contribution >= 4 is 15.8 Å². The molecule has 19 heavy (non-hydrogen) atoms. The van der Waals surface area contributed by atoms with Gasteiger partial charge in [-0.2, -0.15) is 13.5 Å². The molecule has 8 nitrogen and oxygen atoms in total. The van der Waals surface area contributed by atoms with Crippen molar-refractivity contribution in [1.29, 1.82) is 0 Å². The van der Waals surface area contributed by atoms with Crippen LogP contribution in [0.25, 0.3) is 0 Å². The van der Waals surface area contributed by atoms with Gasteiger partial charge in [-0.15, -0.1) is 0 Å². The van der Waals surface area contributed by atoms with Crippen molar-refractivity contribution < 1.29 is 17.5 Å². The highest BCUT2D eigenvalue weighted by Crippen LogP contribution is 2.24. The summed E-state index contributed by atoms with van der Waals surface area (Å²) in [5, 5.41) is 14.4. The zero-order valence-corrected chi connectivity index (χ0v) is 11.3. The van der Waals surface area contributed by atoms with E-state index in [0.29, 0.717) is 0 Å². The smallest absolute Gasteiger partial charge is 0.265 e. The minimum Gasteiger partial charge on any atom is -0.265 e. The first-order chi connectivity index (χ1) is 8.89. The SMILES string of the molecule is Cc1c([N+](=O)[O-])cnn1CS(=O)(=O)OC1CCCC1. The lowest BCUT2D eigenvalue weighted by Gasteiger charge is -2.11. The Morgan fingerprint density at radius 2 is 2.16 bits per heavy atom. The summed E-state index contributed by atoms with van der Waals surface area (Å²) >= 11 is 0. The molecule has 0 amide bonds. The van der Waals surface area contributed by atoms with Gasteiger partial charge in [0.2, 0.25) is 0 Å².